The van der Waals surface area contributed by atoms with Crippen LogP contribution in [0.1, 0.15) is 28.8 Å². The van der Waals surface area contributed by atoms with Crippen LogP contribution in [0.4, 0.5) is 17.1 Å². The first-order valence-electron chi connectivity index (χ1n) is 11.9. The predicted molar refractivity (Wildman–Crippen MR) is 140 cm³/mol. The molecular formula is C24H32BrN7O3. The van der Waals surface area contributed by atoms with Gasteiger partial charge in [-0.2, -0.15) is 0 Å². The number of likely N-dealkylation sites (tertiary alicyclic amines) is 1. The van der Waals surface area contributed by atoms with Gasteiger partial charge in [-0.3, -0.25) is 24.8 Å². The van der Waals surface area contributed by atoms with Crippen molar-refractivity contribution in [2.45, 2.75) is 25.4 Å². The molecule has 188 valence electrons. The summed E-state index contributed by atoms with van der Waals surface area (Å²) in [6, 6.07) is 5.24. The Bertz CT molecular complexity index is 1080. The van der Waals surface area contributed by atoms with Crippen LogP contribution in [0.5, 0.6) is 0 Å². The highest BCUT2D eigenvalue weighted by Gasteiger charge is 2.30. The molecule has 0 unspecified atom stereocenters. The third-order valence-corrected chi connectivity index (χ3v) is 7.10. The van der Waals surface area contributed by atoms with E-state index in [1.807, 2.05) is 20.3 Å². The van der Waals surface area contributed by atoms with Crippen LogP contribution in [0.3, 0.4) is 0 Å². The molecule has 11 heteroatoms. The van der Waals surface area contributed by atoms with Gasteiger partial charge in [-0.05, 0) is 44.1 Å². The summed E-state index contributed by atoms with van der Waals surface area (Å²) >= 11 is 3.37. The van der Waals surface area contributed by atoms with Gasteiger partial charge >= 0.3 is 0 Å². The van der Waals surface area contributed by atoms with Gasteiger partial charge in [0, 0.05) is 75.3 Å². The number of aromatic nitrogens is 1. The molecule has 2 N–H and O–H groups in total. The van der Waals surface area contributed by atoms with Crippen LogP contribution in [-0.4, -0.2) is 89.9 Å². The fraction of sp³-hybridized carbons (Fsp3) is 0.500. The lowest BCUT2D eigenvalue weighted by molar-refractivity contribution is -0.384. The molecule has 2 saturated heterocycles. The smallest absolute Gasteiger partial charge is 0.294 e. The van der Waals surface area contributed by atoms with Crippen molar-refractivity contribution in [1.29, 1.82) is 0 Å². The third kappa shape index (κ3) is 6.28. The van der Waals surface area contributed by atoms with Crippen molar-refractivity contribution in [3.63, 3.8) is 0 Å². The normalized spacial score (nSPS) is 19.4. The molecule has 4 rings (SSSR count). The largest absolute Gasteiger partial charge is 0.387 e. The number of carbonyl (C=O) groups excluding carboxylic acids is 1. The number of nitro groups is 1. The van der Waals surface area contributed by atoms with E-state index in [2.05, 4.69) is 47.4 Å². The molecule has 0 aliphatic carbocycles. The van der Waals surface area contributed by atoms with Crippen molar-refractivity contribution in [1.82, 2.24) is 19.7 Å². The van der Waals surface area contributed by atoms with E-state index in [0.717, 1.165) is 56.8 Å². The highest BCUT2D eigenvalue weighted by Crippen LogP contribution is 2.35. The minimum atomic E-state index is -0.413. The van der Waals surface area contributed by atoms with E-state index in [4.69, 9.17) is 0 Å². The molecule has 0 bridgehead atoms. The zero-order valence-corrected chi connectivity index (χ0v) is 21.8. The molecule has 2 fully saturated rings. The van der Waals surface area contributed by atoms with Crippen LogP contribution in [0.2, 0.25) is 0 Å². The lowest BCUT2D eigenvalue weighted by atomic mass is 10.0. The predicted octanol–water partition coefficient (Wildman–Crippen LogP) is 3.26. The summed E-state index contributed by atoms with van der Waals surface area (Å²) in [5.41, 5.74) is 2.65. The Morgan fingerprint density at radius 2 is 1.97 bits per heavy atom. The molecule has 0 saturated carbocycles. The Balaban J connectivity index is 1.55. The van der Waals surface area contributed by atoms with Crippen LogP contribution < -0.4 is 10.6 Å². The quantitative estimate of drug-likeness (QED) is 0.403. The number of benzene rings is 1. The first-order chi connectivity index (χ1) is 16.8. The highest BCUT2D eigenvalue weighted by molar-refractivity contribution is 9.10. The Morgan fingerprint density at radius 3 is 2.69 bits per heavy atom. The van der Waals surface area contributed by atoms with Gasteiger partial charge in [0.1, 0.15) is 5.69 Å². The lowest BCUT2D eigenvalue weighted by Gasteiger charge is -2.35. The number of hydrogen-bond acceptors (Lipinski definition) is 8. The summed E-state index contributed by atoms with van der Waals surface area (Å²) in [5.74, 6) is -0.173. The highest BCUT2D eigenvalue weighted by atomic mass is 79.9. The van der Waals surface area contributed by atoms with E-state index >= 15 is 0 Å². The standard InChI is InChI=1S/C24H32BrN7O3/c1-26-20-10-17(13-27-14-20)15-30-5-3-4-19(16-30)28-23-21(11-18(25)12-22(23)32(34)35)24(33)31-8-6-29(2)7-9-31/h10-14,19,26,28H,3-9,15-16H2,1-2H3/t19-/m1/s1. The number of piperazine rings is 1. The number of likely N-dealkylation sites (N-methyl/N-ethyl adjacent to an activating group) is 1. The number of rotatable bonds is 7. The summed E-state index contributed by atoms with van der Waals surface area (Å²) in [4.78, 5) is 35.6. The number of nitrogens with one attached hydrogen (secondary N) is 2. The summed E-state index contributed by atoms with van der Waals surface area (Å²) in [7, 11) is 3.90. The lowest BCUT2D eigenvalue weighted by Crippen LogP contribution is -2.47. The summed E-state index contributed by atoms with van der Waals surface area (Å²) in [6.45, 7) is 5.18. The Morgan fingerprint density at radius 1 is 1.20 bits per heavy atom. The molecule has 35 heavy (non-hydrogen) atoms. The fourth-order valence-corrected chi connectivity index (χ4v) is 5.17. The van der Waals surface area contributed by atoms with Crippen molar-refractivity contribution in [3.8, 4) is 0 Å². The second-order valence-corrected chi connectivity index (χ2v) is 10.2. The van der Waals surface area contributed by atoms with E-state index in [9.17, 15) is 14.9 Å². The van der Waals surface area contributed by atoms with Gasteiger partial charge < -0.3 is 20.4 Å². The molecule has 1 atom stereocenters. The minimum absolute atomic E-state index is 0.0110. The maximum Gasteiger partial charge on any atom is 0.294 e. The zero-order chi connectivity index (χ0) is 24.9. The van der Waals surface area contributed by atoms with Gasteiger partial charge in [-0.15, -0.1) is 0 Å². The van der Waals surface area contributed by atoms with Crippen molar-refractivity contribution in [2.75, 3.05) is 64.0 Å². The van der Waals surface area contributed by atoms with Crippen LogP contribution >= 0.6 is 15.9 Å². The number of amides is 1. The zero-order valence-electron chi connectivity index (χ0n) is 20.2. The minimum Gasteiger partial charge on any atom is -0.387 e. The summed E-state index contributed by atoms with van der Waals surface area (Å²) in [5, 5.41) is 18.5. The van der Waals surface area contributed by atoms with E-state index in [1.165, 1.54) is 6.07 Å². The second-order valence-electron chi connectivity index (χ2n) is 9.25. The molecule has 3 heterocycles. The number of pyridine rings is 1. The van der Waals surface area contributed by atoms with E-state index in [1.54, 1.807) is 17.2 Å². The average molecular weight is 546 g/mol. The van der Waals surface area contributed by atoms with Crippen molar-refractivity contribution in [2.24, 2.45) is 0 Å². The SMILES string of the molecule is CNc1cncc(CN2CCC[C@@H](Nc3c(C(=O)N4CCN(C)CC4)cc(Br)cc3[N+](=O)[O-])C2)c1. The molecule has 2 aliphatic rings. The summed E-state index contributed by atoms with van der Waals surface area (Å²) in [6.07, 6.45) is 5.49. The molecule has 1 aromatic heterocycles. The third-order valence-electron chi connectivity index (χ3n) is 6.64. The number of piperidine rings is 1. The number of carbonyl (C=O) groups is 1. The molecule has 2 aliphatic heterocycles. The Hall–Kier alpha value is -2.76. The molecule has 1 aromatic carbocycles. The van der Waals surface area contributed by atoms with Gasteiger partial charge in [0.15, 0.2) is 0 Å². The van der Waals surface area contributed by atoms with Crippen LogP contribution in [0.25, 0.3) is 0 Å². The van der Waals surface area contributed by atoms with Crippen molar-refractivity contribution < 1.29 is 9.72 Å². The maximum atomic E-state index is 13.5. The maximum absolute atomic E-state index is 13.5. The molecule has 0 radical (unpaired) electrons. The van der Waals surface area contributed by atoms with E-state index < -0.39 is 4.92 Å². The van der Waals surface area contributed by atoms with Gasteiger partial charge in [-0.25, -0.2) is 0 Å². The van der Waals surface area contributed by atoms with E-state index in [0.29, 0.717) is 28.8 Å². The van der Waals surface area contributed by atoms with Gasteiger partial charge in [0.05, 0.1) is 16.2 Å². The van der Waals surface area contributed by atoms with Crippen LogP contribution in [-0.2, 0) is 6.54 Å². The van der Waals surface area contributed by atoms with Gasteiger partial charge in [0.25, 0.3) is 11.6 Å². The van der Waals surface area contributed by atoms with Gasteiger partial charge in [-0.1, -0.05) is 15.9 Å². The topological polar surface area (TPSA) is 107 Å². The Labute approximate surface area is 214 Å². The fourth-order valence-electron chi connectivity index (χ4n) is 4.73. The molecular weight excluding hydrogens is 514 g/mol. The molecule has 1 amide bonds. The van der Waals surface area contributed by atoms with E-state index in [-0.39, 0.29) is 17.6 Å². The average Bonchev–Trinajstić information content (AvgIpc) is 2.85. The monoisotopic (exact) mass is 545 g/mol. The van der Waals surface area contributed by atoms with Crippen LogP contribution in [0.15, 0.2) is 35.1 Å². The molecule has 10 nitrogen and oxygen atoms in total. The van der Waals surface area contributed by atoms with Gasteiger partial charge in [0.2, 0.25) is 0 Å². The molecule has 2 aromatic rings. The number of hydrogen-bond donors (Lipinski definition) is 2. The van der Waals surface area contributed by atoms with Crippen molar-refractivity contribution in [3.05, 3.63) is 56.3 Å². The number of halogens is 1. The second kappa shape index (κ2) is 11.3. The summed E-state index contributed by atoms with van der Waals surface area (Å²) < 4.78 is 0.523. The number of anilines is 2. The van der Waals surface area contributed by atoms with Crippen LogP contribution in [0, 0.1) is 10.1 Å². The van der Waals surface area contributed by atoms with Crippen molar-refractivity contribution >= 4 is 38.9 Å². The Kier molecular flexibility index (Phi) is 8.19. The molecule has 0 spiro atoms. The first-order valence-corrected chi connectivity index (χ1v) is 12.7. The number of nitrogens with zero attached hydrogens (tertiary/aromatic N) is 5. The number of nitro benzene ring substituents is 1. The first kappa shape index (κ1) is 25.3.